The minimum absolute atomic E-state index is 0.184. The van der Waals surface area contributed by atoms with Crippen molar-refractivity contribution in [1.29, 1.82) is 0 Å². The zero-order valence-electron chi connectivity index (χ0n) is 18.1. The highest BCUT2D eigenvalue weighted by Gasteiger charge is 2.30. The average molecular weight is 419 g/mol. The molecule has 0 aromatic carbocycles. The number of nitrogens with one attached hydrogen (secondary N) is 1. The molecule has 1 fully saturated rings. The minimum atomic E-state index is -1.08. The molecule has 30 heavy (non-hydrogen) atoms. The largest absolute Gasteiger partial charge is 0.480 e. The molecule has 0 radical (unpaired) electrons. The lowest BCUT2D eigenvalue weighted by Crippen LogP contribution is -2.43. The van der Waals surface area contributed by atoms with Gasteiger partial charge in [0.1, 0.15) is 6.04 Å². The first kappa shape index (κ1) is 22.5. The number of nitrogens with zero attached hydrogens (tertiary/aromatic N) is 1. The van der Waals surface area contributed by atoms with E-state index in [9.17, 15) is 14.7 Å². The van der Waals surface area contributed by atoms with Crippen molar-refractivity contribution in [3.63, 3.8) is 0 Å². The van der Waals surface area contributed by atoms with Crippen LogP contribution >= 0.6 is 0 Å². The summed E-state index contributed by atoms with van der Waals surface area (Å²) in [5.74, 6) is -0.439. The number of carboxylic acid groups (broad SMARTS) is 1. The van der Waals surface area contributed by atoms with E-state index in [1.807, 2.05) is 0 Å². The molecule has 166 valence electrons. The second-order valence-electron chi connectivity index (χ2n) is 8.76. The van der Waals surface area contributed by atoms with Gasteiger partial charge >= 0.3 is 12.1 Å². The fourth-order valence-electron chi connectivity index (χ4n) is 4.17. The second kappa shape index (κ2) is 10.8. The first-order valence-corrected chi connectivity index (χ1v) is 11.2. The van der Waals surface area contributed by atoms with Gasteiger partial charge in [-0.25, -0.2) is 9.59 Å². The first-order valence-electron chi connectivity index (χ1n) is 11.2. The van der Waals surface area contributed by atoms with E-state index in [-0.39, 0.29) is 18.6 Å². The molecule has 1 aromatic rings. The molecular weight excluding hydrogens is 384 g/mol. The molecular formula is C23H34N2O5. The fraction of sp³-hybridized carbons (Fsp3) is 0.696. The number of rotatable bonds is 10. The number of hydrogen-bond acceptors (Lipinski definition) is 5. The Labute approximate surface area is 178 Å². The highest BCUT2D eigenvalue weighted by Crippen LogP contribution is 2.34. The Balaban J connectivity index is 1.31. The third-order valence-electron chi connectivity index (χ3n) is 5.93. The Morgan fingerprint density at radius 3 is 2.73 bits per heavy atom. The van der Waals surface area contributed by atoms with Crippen LogP contribution < -0.4 is 5.32 Å². The van der Waals surface area contributed by atoms with Crippen LogP contribution in [0.25, 0.3) is 0 Å². The lowest BCUT2D eigenvalue weighted by Gasteiger charge is -2.35. The number of fused-ring (bicyclic) bond motifs is 1. The molecule has 1 saturated carbocycles. The topological polar surface area (TPSA) is 97.8 Å². The quantitative estimate of drug-likeness (QED) is 0.602. The number of amides is 1. The number of pyridine rings is 1. The lowest BCUT2D eigenvalue weighted by molar-refractivity contribution is -0.140. The molecule has 1 aromatic heterocycles. The van der Waals surface area contributed by atoms with Crippen LogP contribution in [0.2, 0.25) is 0 Å². The van der Waals surface area contributed by atoms with Crippen molar-refractivity contribution in [3.05, 3.63) is 29.1 Å². The van der Waals surface area contributed by atoms with Gasteiger partial charge in [-0.05, 0) is 82.8 Å². The Hall–Kier alpha value is -2.15. The number of hydrogen-bond donors (Lipinski definition) is 2. The van der Waals surface area contributed by atoms with Crippen LogP contribution in [0.4, 0.5) is 4.79 Å². The normalized spacial score (nSPS) is 21.4. The van der Waals surface area contributed by atoms with E-state index >= 15 is 0 Å². The number of alkyl carbamates (subject to hydrolysis) is 1. The van der Waals surface area contributed by atoms with Crippen molar-refractivity contribution >= 4 is 12.1 Å². The van der Waals surface area contributed by atoms with Crippen molar-refractivity contribution in [3.8, 4) is 0 Å². The maximum Gasteiger partial charge on any atom is 0.408 e. The van der Waals surface area contributed by atoms with Gasteiger partial charge in [0.05, 0.1) is 12.2 Å². The summed E-state index contributed by atoms with van der Waals surface area (Å²) in [7, 11) is 0. The third-order valence-corrected chi connectivity index (χ3v) is 5.93. The van der Waals surface area contributed by atoms with Crippen LogP contribution in [0.15, 0.2) is 12.1 Å². The number of carbonyl (C=O) groups is 2. The Bertz CT molecular complexity index is 730. The van der Waals surface area contributed by atoms with Crippen molar-refractivity contribution < 1.29 is 24.2 Å². The molecule has 2 aliphatic carbocycles. The van der Waals surface area contributed by atoms with E-state index in [0.29, 0.717) is 12.5 Å². The molecule has 7 heteroatoms. The average Bonchev–Trinajstić information content (AvgIpc) is 2.67. The number of aromatic nitrogens is 1. The van der Waals surface area contributed by atoms with Gasteiger partial charge in [0.15, 0.2) is 0 Å². The van der Waals surface area contributed by atoms with Gasteiger partial charge in [-0.2, -0.15) is 0 Å². The molecule has 0 spiro atoms. The van der Waals surface area contributed by atoms with Crippen LogP contribution in [-0.2, 0) is 33.5 Å². The van der Waals surface area contributed by atoms with E-state index in [2.05, 4.69) is 17.4 Å². The van der Waals surface area contributed by atoms with Gasteiger partial charge in [-0.15, -0.1) is 0 Å². The van der Waals surface area contributed by atoms with Gasteiger partial charge in [-0.3, -0.25) is 4.98 Å². The van der Waals surface area contributed by atoms with Crippen LogP contribution in [-0.4, -0.2) is 47.0 Å². The molecule has 1 unspecified atom stereocenters. The number of carbonyl (C=O) groups excluding carboxylic acids is 1. The van der Waals surface area contributed by atoms with E-state index in [1.165, 1.54) is 36.2 Å². The summed E-state index contributed by atoms with van der Waals surface area (Å²) < 4.78 is 10.7. The molecule has 2 N–H and O–H groups in total. The van der Waals surface area contributed by atoms with Gasteiger partial charge < -0.3 is 19.9 Å². The van der Waals surface area contributed by atoms with E-state index in [4.69, 9.17) is 14.5 Å². The van der Waals surface area contributed by atoms with Gasteiger partial charge in [0, 0.05) is 24.4 Å². The van der Waals surface area contributed by atoms with Crippen molar-refractivity contribution in [2.24, 2.45) is 5.92 Å². The number of aliphatic carboxylic acids is 1. The summed E-state index contributed by atoms with van der Waals surface area (Å²) in [5, 5.41) is 11.6. The molecule has 0 bridgehead atoms. The van der Waals surface area contributed by atoms with Crippen molar-refractivity contribution in [2.75, 3.05) is 6.61 Å². The predicted octanol–water partition coefficient (Wildman–Crippen LogP) is 3.67. The SMILES string of the molecule is CC(C)OC(=O)NC(CCOC1CC(CCc2ccc3c(n2)CCCC3)C1)C(=O)O. The molecule has 3 rings (SSSR count). The first-order chi connectivity index (χ1) is 14.4. The summed E-state index contributed by atoms with van der Waals surface area (Å²) >= 11 is 0. The minimum Gasteiger partial charge on any atom is -0.480 e. The highest BCUT2D eigenvalue weighted by molar-refractivity contribution is 5.79. The van der Waals surface area contributed by atoms with E-state index in [0.717, 1.165) is 32.1 Å². The molecule has 2 aliphatic rings. The maximum absolute atomic E-state index is 11.6. The summed E-state index contributed by atoms with van der Waals surface area (Å²) in [6.07, 6.45) is 8.36. The molecule has 7 nitrogen and oxygen atoms in total. The van der Waals surface area contributed by atoms with Crippen molar-refractivity contribution in [2.45, 2.75) is 89.9 Å². The van der Waals surface area contributed by atoms with Crippen LogP contribution in [0.3, 0.4) is 0 Å². The van der Waals surface area contributed by atoms with E-state index < -0.39 is 18.1 Å². The Morgan fingerprint density at radius 2 is 2.00 bits per heavy atom. The van der Waals surface area contributed by atoms with Crippen LogP contribution in [0, 0.1) is 5.92 Å². The van der Waals surface area contributed by atoms with Gasteiger partial charge in [0.2, 0.25) is 0 Å². The van der Waals surface area contributed by atoms with Gasteiger partial charge in [-0.1, -0.05) is 6.07 Å². The summed E-state index contributed by atoms with van der Waals surface area (Å²) in [6.45, 7) is 3.74. The maximum atomic E-state index is 11.6. The second-order valence-corrected chi connectivity index (χ2v) is 8.76. The van der Waals surface area contributed by atoms with Crippen LogP contribution in [0.5, 0.6) is 0 Å². The Kier molecular flexibility index (Phi) is 8.08. The zero-order valence-corrected chi connectivity index (χ0v) is 18.1. The van der Waals surface area contributed by atoms with Crippen LogP contribution in [0.1, 0.15) is 69.3 Å². The zero-order chi connectivity index (χ0) is 21.5. The highest BCUT2D eigenvalue weighted by atomic mass is 16.6. The summed E-state index contributed by atoms with van der Waals surface area (Å²) in [5.41, 5.74) is 3.92. The fourth-order valence-corrected chi connectivity index (χ4v) is 4.17. The smallest absolute Gasteiger partial charge is 0.408 e. The van der Waals surface area contributed by atoms with Gasteiger partial charge in [0.25, 0.3) is 0 Å². The third kappa shape index (κ3) is 6.69. The molecule has 1 atom stereocenters. The number of aryl methyl sites for hydroxylation is 3. The summed E-state index contributed by atoms with van der Waals surface area (Å²) in [4.78, 5) is 27.8. The molecule has 1 amide bonds. The predicted molar refractivity (Wildman–Crippen MR) is 112 cm³/mol. The monoisotopic (exact) mass is 418 g/mol. The molecule has 1 heterocycles. The Morgan fingerprint density at radius 1 is 1.23 bits per heavy atom. The standard InChI is InChI=1S/C23H34N2O5/c1-15(2)30-23(28)25-21(22(26)27)11-12-29-19-13-16(14-19)7-9-18-10-8-17-5-3-4-6-20(17)24-18/h8,10,15-16,19,21H,3-7,9,11-14H2,1-2H3,(H,25,28)(H,26,27). The van der Waals surface area contributed by atoms with Crippen molar-refractivity contribution in [1.82, 2.24) is 10.3 Å². The number of carboxylic acids is 1. The molecule has 0 saturated heterocycles. The summed E-state index contributed by atoms with van der Waals surface area (Å²) in [6, 6.07) is 3.44. The van der Waals surface area contributed by atoms with E-state index in [1.54, 1.807) is 13.8 Å². The lowest BCUT2D eigenvalue weighted by atomic mass is 9.79. The molecule has 0 aliphatic heterocycles. The number of ether oxygens (including phenoxy) is 2.